The lowest BCUT2D eigenvalue weighted by Gasteiger charge is -2.32. The molecule has 0 amide bonds. The Bertz CT molecular complexity index is 283. The van der Waals surface area contributed by atoms with Crippen molar-refractivity contribution in [1.29, 1.82) is 0 Å². The first-order valence-electron chi connectivity index (χ1n) is 5.26. The van der Waals surface area contributed by atoms with Crippen LogP contribution >= 0.6 is 0 Å². The Kier molecular flexibility index (Phi) is 2.89. The van der Waals surface area contributed by atoms with Gasteiger partial charge in [0.15, 0.2) is 0 Å². The van der Waals surface area contributed by atoms with Crippen LogP contribution in [0.3, 0.4) is 0 Å². The molecule has 1 heterocycles. The third-order valence-corrected chi connectivity index (χ3v) is 5.62. The number of para-hydroxylation sites is 1. The minimum Gasteiger partial charge on any atom is -0.399 e. The molecule has 1 atom stereocenters. The van der Waals surface area contributed by atoms with Crippen molar-refractivity contribution in [3.63, 3.8) is 0 Å². The van der Waals surface area contributed by atoms with Crippen LogP contribution in [0.5, 0.6) is 0 Å². The predicted octanol–water partition coefficient (Wildman–Crippen LogP) is 2.98. The van der Waals surface area contributed by atoms with Crippen LogP contribution < -0.4 is 4.98 Å². The minimum atomic E-state index is -1.63. The Labute approximate surface area is 86.5 Å². The van der Waals surface area contributed by atoms with Gasteiger partial charge in [-0.1, -0.05) is 18.2 Å². The van der Waals surface area contributed by atoms with Crippen LogP contribution in [0, 0.1) is 0 Å². The molecule has 76 valence electrons. The molecule has 1 aliphatic heterocycles. The van der Waals surface area contributed by atoms with Gasteiger partial charge in [0.05, 0.1) is 0 Å². The molecule has 1 aromatic rings. The van der Waals surface area contributed by atoms with E-state index in [9.17, 15) is 0 Å². The highest BCUT2D eigenvalue weighted by molar-refractivity contribution is 6.75. The highest BCUT2D eigenvalue weighted by Crippen LogP contribution is 2.23. The maximum Gasteiger partial charge on any atom is 0.294 e. The quantitative estimate of drug-likeness (QED) is 0.753. The number of nitrogens with one attached hydrogen (secondary N) is 1. The van der Waals surface area contributed by atoms with E-state index in [4.69, 9.17) is 4.43 Å². The molecule has 0 aromatic heterocycles. The van der Waals surface area contributed by atoms with Crippen LogP contribution in [-0.4, -0.2) is 15.1 Å². The van der Waals surface area contributed by atoms with Crippen LogP contribution in [0.4, 0.5) is 5.69 Å². The van der Waals surface area contributed by atoms with Gasteiger partial charge < -0.3 is 9.41 Å². The summed E-state index contributed by atoms with van der Waals surface area (Å²) in [6.45, 7) is 3.20. The maximum absolute atomic E-state index is 5.90. The zero-order valence-corrected chi connectivity index (χ0v) is 9.62. The monoisotopic (exact) mass is 207 g/mol. The van der Waals surface area contributed by atoms with E-state index in [1.165, 1.54) is 24.6 Å². The van der Waals surface area contributed by atoms with E-state index in [1.807, 2.05) is 6.07 Å². The molecular weight excluding hydrogens is 190 g/mol. The third-order valence-electron chi connectivity index (χ3n) is 2.65. The van der Waals surface area contributed by atoms with Crippen LogP contribution in [-0.2, 0) is 4.43 Å². The fourth-order valence-corrected chi connectivity index (χ4v) is 4.50. The molecular formula is C11H17NOSi. The van der Waals surface area contributed by atoms with Crippen LogP contribution in [0.25, 0.3) is 0 Å². The van der Waals surface area contributed by atoms with Crippen molar-refractivity contribution in [2.75, 3.05) is 11.6 Å². The fraction of sp³-hybridized carbons (Fsp3) is 0.455. The lowest BCUT2D eigenvalue weighted by molar-refractivity contribution is 0.275. The zero-order valence-electron chi connectivity index (χ0n) is 8.62. The average Bonchev–Trinajstić information content (AvgIpc) is 2.19. The second-order valence-corrected chi connectivity index (χ2v) is 7.53. The van der Waals surface area contributed by atoms with Crippen molar-refractivity contribution >= 4 is 14.2 Å². The van der Waals surface area contributed by atoms with Crippen molar-refractivity contribution in [2.45, 2.75) is 25.4 Å². The zero-order chi connectivity index (χ0) is 9.86. The van der Waals surface area contributed by atoms with E-state index in [0.717, 1.165) is 6.61 Å². The van der Waals surface area contributed by atoms with Gasteiger partial charge in [0, 0.05) is 12.3 Å². The summed E-state index contributed by atoms with van der Waals surface area (Å²) in [4.78, 5) is 3.57. The molecule has 3 heteroatoms. The standard InChI is InChI=1S/C11H17NOSi/c1-14(10-6-5-9-13-14)12-11-7-3-2-4-8-11/h2-4,7-8,12H,5-6,9-10H2,1H3. The van der Waals surface area contributed by atoms with E-state index in [-0.39, 0.29) is 0 Å². The van der Waals surface area contributed by atoms with E-state index < -0.39 is 8.48 Å². The van der Waals surface area contributed by atoms with Gasteiger partial charge in [0.2, 0.25) is 0 Å². The summed E-state index contributed by atoms with van der Waals surface area (Å²) in [7, 11) is -1.63. The molecule has 0 saturated carbocycles. The first-order chi connectivity index (χ1) is 6.79. The molecule has 1 saturated heterocycles. The molecule has 1 unspecified atom stereocenters. The summed E-state index contributed by atoms with van der Waals surface area (Å²) < 4.78 is 5.90. The Morgan fingerprint density at radius 2 is 2.00 bits per heavy atom. The first-order valence-corrected chi connectivity index (χ1v) is 7.87. The van der Waals surface area contributed by atoms with Crippen LogP contribution in [0.1, 0.15) is 12.8 Å². The summed E-state index contributed by atoms with van der Waals surface area (Å²) in [5, 5.41) is 0. The van der Waals surface area contributed by atoms with Crippen molar-refractivity contribution < 1.29 is 4.43 Å². The Balaban J connectivity index is 2.02. The number of hydrogen-bond acceptors (Lipinski definition) is 2. The van der Waals surface area contributed by atoms with Gasteiger partial charge in [0.25, 0.3) is 8.48 Å². The normalized spacial score (nSPS) is 27.2. The number of benzene rings is 1. The number of rotatable bonds is 2. The molecule has 1 aliphatic rings. The van der Waals surface area contributed by atoms with Crippen LogP contribution in [0.2, 0.25) is 12.6 Å². The van der Waals surface area contributed by atoms with Crippen molar-refractivity contribution in [1.82, 2.24) is 0 Å². The van der Waals surface area contributed by atoms with E-state index >= 15 is 0 Å². The molecule has 0 radical (unpaired) electrons. The lowest BCUT2D eigenvalue weighted by Crippen LogP contribution is -2.46. The van der Waals surface area contributed by atoms with E-state index in [0.29, 0.717) is 0 Å². The van der Waals surface area contributed by atoms with Gasteiger partial charge in [-0.3, -0.25) is 0 Å². The lowest BCUT2D eigenvalue weighted by atomic mass is 10.3. The second kappa shape index (κ2) is 4.15. The first kappa shape index (κ1) is 9.74. The van der Waals surface area contributed by atoms with Gasteiger partial charge in [-0.25, -0.2) is 0 Å². The minimum absolute atomic E-state index is 0.933. The average molecular weight is 207 g/mol. The highest BCUT2D eigenvalue weighted by atomic mass is 28.4. The largest absolute Gasteiger partial charge is 0.399 e. The molecule has 1 aromatic carbocycles. The molecule has 14 heavy (non-hydrogen) atoms. The van der Waals surface area contributed by atoms with Gasteiger partial charge in [-0.2, -0.15) is 0 Å². The van der Waals surface area contributed by atoms with Crippen molar-refractivity contribution in [2.24, 2.45) is 0 Å². The van der Waals surface area contributed by atoms with E-state index in [2.05, 4.69) is 35.8 Å². The van der Waals surface area contributed by atoms with Gasteiger partial charge in [-0.15, -0.1) is 0 Å². The Hall–Kier alpha value is -0.803. The number of anilines is 1. The fourth-order valence-electron chi connectivity index (χ4n) is 1.86. The Morgan fingerprint density at radius 3 is 2.64 bits per heavy atom. The summed E-state index contributed by atoms with van der Waals surface area (Å²) >= 11 is 0. The molecule has 1 fully saturated rings. The summed E-state index contributed by atoms with van der Waals surface area (Å²) in [5.41, 5.74) is 1.20. The van der Waals surface area contributed by atoms with E-state index in [1.54, 1.807) is 0 Å². The third kappa shape index (κ3) is 2.36. The summed E-state index contributed by atoms with van der Waals surface area (Å²) in [6, 6.07) is 11.6. The Morgan fingerprint density at radius 1 is 1.21 bits per heavy atom. The predicted molar refractivity (Wildman–Crippen MR) is 61.7 cm³/mol. The SMILES string of the molecule is C[Si]1(Nc2ccccc2)CCCCO1. The summed E-state index contributed by atoms with van der Waals surface area (Å²) in [6.07, 6.45) is 2.53. The second-order valence-electron chi connectivity index (χ2n) is 4.03. The molecule has 1 N–H and O–H groups in total. The molecule has 0 spiro atoms. The van der Waals surface area contributed by atoms with Gasteiger partial charge >= 0.3 is 0 Å². The van der Waals surface area contributed by atoms with Crippen molar-refractivity contribution in [3.05, 3.63) is 30.3 Å². The molecule has 2 nitrogen and oxygen atoms in total. The van der Waals surface area contributed by atoms with Crippen molar-refractivity contribution in [3.8, 4) is 0 Å². The molecule has 0 bridgehead atoms. The van der Waals surface area contributed by atoms with Gasteiger partial charge in [-0.05, 0) is 37.6 Å². The van der Waals surface area contributed by atoms with Gasteiger partial charge in [0.1, 0.15) is 0 Å². The highest BCUT2D eigenvalue weighted by Gasteiger charge is 2.31. The topological polar surface area (TPSA) is 21.3 Å². The number of hydrogen-bond donors (Lipinski definition) is 1. The smallest absolute Gasteiger partial charge is 0.294 e. The summed E-state index contributed by atoms with van der Waals surface area (Å²) in [5.74, 6) is 0. The molecule has 2 rings (SSSR count). The maximum atomic E-state index is 5.90. The molecule has 0 aliphatic carbocycles. The van der Waals surface area contributed by atoms with Crippen LogP contribution in [0.15, 0.2) is 30.3 Å².